The molecule has 3 aromatic rings. The molecule has 0 aliphatic heterocycles. The third-order valence-electron chi connectivity index (χ3n) is 3.55. The van der Waals surface area contributed by atoms with Crippen molar-refractivity contribution in [2.75, 3.05) is 5.32 Å². The number of para-hydroxylation sites is 2. The van der Waals surface area contributed by atoms with Gasteiger partial charge in [-0.05, 0) is 36.4 Å². The van der Waals surface area contributed by atoms with Crippen molar-refractivity contribution in [3.8, 4) is 0 Å². The van der Waals surface area contributed by atoms with Crippen LogP contribution in [0.25, 0.3) is 0 Å². The molecule has 5 nitrogen and oxygen atoms in total. The number of hydrogen-bond donors (Lipinski definition) is 3. The lowest BCUT2D eigenvalue weighted by Crippen LogP contribution is -2.41. The molecule has 0 atom stereocenters. The molecular weight excluding hydrogens is 314 g/mol. The molecule has 3 rings (SSSR count). The van der Waals surface area contributed by atoms with Crippen LogP contribution in [0.1, 0.15) is 20.7 Å². The van der Waals surface area contributed by atoms with E-state index in [0.717, 1.165) is 5.69 Å². The van der Waals surface area contributed by atoms with Gasteiger partial charge in [0, 0.05) is 11.3 Å². The fourth-order valence-electron chi connectivity index (χ4n) is 2.31. The summed E-state index contributed by atoms with van der Waals surface area (Å²) in [5.41, 5.74) is 7.29. The highest BCUT2D eigenvalue weighted by atomic mass is 16.2. The van der Waals surface area contributed by atoms with E-state index in [9.17, 15) is 9.59 Å². The maximum atomic E-state index is 12.4. The zero-order valence-corrected chi connectivity index (χ0v) is 13.4. The maximum absolute atomic E-state index is 12.4. The summed E-state index contributed by atoms with van der Waals surface area (Å²) in [5, 5.41) is 3.20. The predicted octanol–water partition coefficient (Wildman–Crippen LogP) is 3.51. The largest absolute Gasteiger partial charge is 0.355 e. The average Bonchev–Trinajstić information content (AvgIpc) is 2.68. The summed E-state index contributed by atoms with van der Waals surface area (Å²) in [6.07, 6.45) is 0. The summed E-state index contributed by atoms with van der Waals surface area (Å²) in [5.74, 6) is -0.772. The molecule has 0 saturated carbocycles. The van der Waals surface area contributed by atoms with Gasteiger partial charge in [0.05, 0.1) is 11.3 Å². The van der Waals surface area contributed by atoms with Gasteiger partial charge in [-0.15, -0.1) is 0 Å². The highest BCUT2D eigenvalue weighted by Crippen LogP contribution is 2.20. The van der Waals surface area contributed by atoms with Crippen molar-refractivity contribution < 1.29 is 9.59 Å². The second-order valence-corrected chi connectivity index (χ2v) is 5.31. The van der Waals surface area contributed by atoms with Crippen LogP contribution in [0.4, 0.5) is 11.4 Å². The first kappa shape index (κ1) is 16.3. The Hall–Kier alpha value is -3.60. The SMILES string of the molecule is O=C(NNC(=O)c1ccccc1Nc1ccccc1)c1ccccc1. The van der Waals surface area contributed by atoms with Crippen LogP contribution in [0.3, 0.4) is 0 Å². The summed E-state index contributed by atoms with van der Waals surface area (Å²) >= 11 is 0. The van der Waals surface area contributed by atoms with E-state index >= 15 is 0 Å². The lowest BCUT2D eigenvalue weighted by atomic mass is 10.1. The Morgan fingerprint density at radius 3 is 1.88 bits per heavy atom. The number of amides is 2. The van der Waals surface area contributed by atoms with Crippen LogP contribution >= 0.6 is 0 Å². The van der Waals surface area contributed by atoms with Gasteiger partial charge in [0.2, 0.25) is 0 Å². The van der Waals surface area contributed by atoms with Crippen LogP contribution in [0.5, 0.6) is 0 Å². The number of hydrazine groups is 1. The van der Waals surface area contributed by atoms with E-state index in [2.05, 4.69) is 16.2 Å². The maximum Gasteiger partial charge on any atom is 0.271 e. The first-order chi connectivity index (χ1) is 12.2. The molecule has 3 aromatic carbocycles. The minimum Gasteiger partial charge on any atom is -0.355 e. The fourth-order valence-corrected chi connectivity index (χ4v) is 2.31. The van der Waals surface area contributed by atoms with Crippen molar-refractivity contribution >= 4 is 23.2 Å². The van der Waals surface area contributed by atoms with Crippen molar-refractivity contribution in [2.24, 2.45) is 0 Å². The average molecular weight is 331 g/mol. The first-order valence-corrected chi connectivity index (χ1v) is 7.81. The molecule has 0 radical (unpaired) electrons. The Morgan fingerprint density at radius 2 is 1.16 bits per heavy atom. The number of anilines is 2. The molecule has 0 aliphatic carbocycles. The zero-order chi connectivity index (χ0) is 17.5. The molecule has 25 heavy (non-hydrogen) atoms. The number of rotatable bonds is 4. The van der Waals surface area contributed by atoms with Gasteiger partial charge in [-0.25, -0.2) is 0 Å². The van der Waals surface area contributed by atoms with Crippen molar-refractivity contribution in [1.29, 1.82) is 0 Å². The molecule has 124 valence electrons. The summed E-state index contributed by atoms with van der Waals surface area (Å²) in [6.45, 7) is 0. The van der Waals surface area contributed by atoms with Crippen LogP contribution < -0.4 is 16.2 Å². The molecule has 2 amide bonds. The molecule has 0 spiro atoms. The van der Waals surface area contributed by atoms with E-state index in [-0.39, 0.29) is 5.91 Å². The lowest BCUT2D eigenvalue weighted by Gasteiger charge is -2.13. The Bertz CT molecular complexity index is 864. The second kappa shape index (κ2) is 7.79. The van der Waals surface area contributed by atoms with E-state index in [1.54, 1.807) is 42.5 Å². The van der Waals surface area contributed by atoms with Crippen molar-refractivity contribution in [3.63, 3.8) is 0 Å². The van der Waals surface area contributed by atoms with Gasteiger partial charge in [-0.3, -0.25) is 20.4 Å². The van der Waals surface area contributed by atoms with Crippen LogP contribution in [0, 0.1) is 0 Å². The summed E-state index contributed by atoms with van der Waals surface area (Å²) in [7, 11) is 0. The third kappa shape index (κ3) is 4.23. The Balaban J connectivity index is 1.69. The smallest absolute Gasteiger partial charge is 0.271 e. The van der Waals surface area contributed by atoms with Gasteiger partial charge in [0.15, 0.2) is 0 Å². The highest BCUT2D eigenvalue weighted by molar-refractivity contribution is 6.02. The minimum absolute atomic E-state index is 0.373. The zero-order valence-electron chi connectivity index (χ0n) is 13.4. The number of nitrogens with one attached hydrogen (secondary N) is 3. The monoisotopic (exact) mass is 331 g/mol. The van der Waals surface area contributed by atoms with Gasteiger partial charge in [-0.2, -0.15) is 0 Å². The van der Waals surface area contributed by atoms with Crippen LogP contribution in [-0.2, 0) is 0 Å². The third-order valence-corrected chi connectivity index (χ3v) is 3.55. The molecule has 0 aliphatic rings. The van der Waals surface area contributed by atoms with E-state index < -0.39 is 5.91 Å². The van der Waals surface area contributed by atoms with E-state index in [1.165, 1.54) is 0 Å². The molecule has 5 heteroatoms. The van der Waals surface area contributed by atoms with E-state index in [0.29, 0.717) is 16.8 Å². The highest BCUT2D eigenvalue weighted by Gasteiger charge is 2.12. The number of carbonyl (C=O) groups is 2. The predicted molar refractivity (Wildman–Crippen MR) is 97.5 cm³/mol. The van der Waals surface area contributed by atoms with Gasteiger partial charge in [-0.1, -0.05) is 48.5 Å². The van der Waals surface area contributed by atoms with Gasteiger partial charge < -0.3 is 5.32 Å². The number of benzene rings is 3. The van der Waals surface area contributed by atoms with Crippen LogP contribution in [-0.4, -0.2) is 11.8 Å². The first-order valence-electron chi connectivity index (χ1n) is 7.81. The van der Waals surface area contributed by atoms with E-state index in [4.69, 9.17) is 0 Å². The lowest BCUT2D eigenvalue weighted by molar-refractivity contribution is 0.0847. The molecule has 0 unspecified atom stereocenters. The van der Waals surface area contributed by atoms with Crippen LogP contribution in [0.2, 0.25) is 0 Å². The molecule has 0 bridgehead atoms. The number of carbonyl (C=O) groups excluding carboxylic acids is 2. The van der Waals surface area contributed by atoms with Gasteiger partial charge in [0.1, 0.15) is 0 Å². The van der Waals surface area contributed by atoms with Gasteiger partial charge in [0.25, 0.3) is 11.8 Å². The molecule has 3 N–H and O–H groups in total. The van der Waals surface area contributed by atoms with Crippen molar-refractivity contribution in [2.45, 2.75) is 0 Å². The Labute approximate surface area is 145 Å². The Morgan fingerprint density at radius 1 is 0.600 bits per heavy atom. The second-order valence-electron chi connectivity index (χ2n) is 5.31. The Kier molecular flexibility index (Phi) is 5.07. The fraction of sp³-hybridized carbons (Fsp3) is 0. The van der Waals surface area contributed by atoms with Crippen LogP contribution in [0.15, 0.2) is 84.9 Å². The van der Waals surface area contributed by atoms with Crippen molar-refractivity contribution in [3.05, 3.63) is 96.1 Å². The molecule has 0 aromatic heterocycles. The molecular formula is C20H17N3O2. The minimum atomic E-state index is -0.400. The topological polar surface area (TPSA) is 70.2 Å². The summed E-state index contributed by atoms with van der Waals surface area (Å²) in [4.78, 5) is 24.4. The van der Waals surface area contributed by atoms with Crippen molar-refractivity contribution in [1.82, 2.24) is 10.9 Å². The summed E-state index contributed by atoms with van der Waals surface area (Å²) in [6, 6.07) is 25.3. The van der Waals surface area contributed by atoms with E-state index in [1.807, 2.05) is 42.5 Å². The normalized spacial score (nSPS) is 9.92. The molecule has 0 fully saturated rings. The molecule has 0 saturated heterocycles. The standard InChI is InChI=1S/C20H17N3O2/c24-19(15-9-3-1-4-10-15)22-23-20(25)17-13-7-8-14-18(17)21-16-11-5-2-6-12-16/h1-14,21H,(H,22,24)(H,23,25). The quantitative estimate of drug-likeness (QED) is 0.641. The summed E-state index contributed by atoms with van der Waals surface area (Å²) < 4.78 is 0. The molecule has 0 heterocycles. The number of hydrogen-bond acceptors (Lipinski definition) is 3. The van der Waals surface area contributed by atoms with Gasteiger partial charge >= 0.3 is 0 Å².